The zero-order valence-electron chi connectivity index (χ0n) is 11.5. The van der Waals surface area contributed by atoms with Gasteiger partial charge in [-0.2, -0.15) is 0 Å². The molecule has 0 saturated heterocycles. The molecule has 16 heavy (non-hydrogen) atoms. The van der Waals surface area contributed by atoms with Gasteiger partial charge in [-0.25, -0.2) is 0 Å². The minimum Gasteiger partial charge on any atom is -0.392 e. The van der Waals surface area contributed by atoms with E-state index in [-0.39, 0.29) is 17.1 Å². The Hall–Kier alpha value is -0.120. The summed E-state index contributed by atoms with van der Waals surface area (Å²) < 4.78 is 5.43. The van der Waals surface area contributed by atoms with Crippen LogP contribution in [0.1, 0.15) is 47.5 Å². The fraction of sp³-hybridized carbons (Fsp3) is 1.00. The van der Waals surface area contributed by atoms with E-state index in [1.807, 2.05) is 0 Å². The van der Waals surface area contributed by atoms with Gasteiger partial charge >= 0.3 is 0 Å². The summed E-state index contributed by atoms with van der Waals surface area (Å²) in [5, 5.41) is 13.3. The maximum Gasteiger partial charge on any atom is 0.0637 e. The maximum absolute atomic E-state index is 9.67. The number of aliphatic hydroxyl groups excluding tert-OH is 1. The van der Waals surface area contributed by atoms with Crippen LogP contribution in [0.4, 0.5) is 0 Å². The zero-order valence-corrected chi connectivity index (χ0v) is 11.5. The molecule has 0 aromatic heterocycles. The molecule has 2 N–H and O–H groups in total. The molecular formula is C13H27NO2. The molecule has 0 radical (unpaired) electrons. The number of aliphatic hydroxyl groups is 1. The van der Waals surface area contributed by atoms with Crippen molar-refractivity contribution in [2.24, 2.45) is 5.41 Å². The molecule has 3 unspecified atom stereocenters. The van der Waals surface area contributed by atoms with Crippen molar-refractivity contribution < 1.29 is 9.84 Å². The van der Waals surface area contributed by atoms with Gasteiger partial charge in [0.25, 0.3) is 0 Å². The third-order valence-corrected chi connectivity index (χ3v) is 4.05. The highest BCUT2D eigenvalue weighted by Gasteiger charge is 2.47. The summed E-state index contributed by atoms with van der Waals surface area (Å²) in [5.41, 5.74) is -0.0790. The Morgan fingerprint density at radius 3 is 2.44 bits per heavy atom. The highest BCUT2D eigenvalue weighted by atomic mass is 16.5. The van der Waals surface area contributed by atoms with Crippen LogP contribution in [0.5, 0.6) is 0 Å². The summed E-state index contributed by atoms with van der Waals surface area (Å²) >= 11 is 0. The first-order valence-corrected chi connectivity index (χ1v) is 6.18. The molecule has 3 nitrogen and oxygen atoms in total. The van der Waals surface area contributed by atoms with Crippen molar-refractivity contribution in [3.63, 3.8) is 0 Å². The Morgan fingerprint density at radius 1 is 1.50 bits per heavy atom. The molecule has 1 aliphatic rings. The van der Waals surface area contributed by atoms with E-state index in [0.29, 0.717) is 12.1 Å². The van der Waals surface area contributed by atoms with E-state index in [1.165, 1.54) is 0 Å². The lowest BCUT2D eigenvalue weighted by Crippen LogP contribution is -2.62. The number of rotatable bonds is 5. The summed E-state index contributed by atoms with van der Waals surface area (Å²) in [6.45, 7) is 10.6. The van der Waals surface area contributed by atoms with Crippen molar-refractivity contribution in [2.45, 2.75) is 71.2 Å². The van der Waals surface area contributed by atoms with E-state index in [4.69, 9.17) is 4.74 Å². The third kappa shape index (κ3) is 2.96. The number of hydrogen-bond donors (Lipinski definition) is 2. The van der Waals surface area contributed by atoms with Crippen molar-refractivity contribution in [3.8, 4) is 0 Å². The first kappa shape index (κ1) is 13.9. The maximum atomic E-state index is 9.67. The summed E-state index contributed by atoms with van der Waals surface area (Å²) in [7, 11) is 1.75. The van der Waals surface area contributed by atoms with Crippen LogP contribution in [0, 0.1) is 5.41 Å². The molecule has 0 aromatic carbocycles. The van der Waals surface area contributed by atoms with Gasteiger partial charge < -0.3 is 15.2 Å². The van der Waals surface area contributed by atoms with Crippen LogP contribution in [-0.4, -0.2) is 36.0 Å². The fourth-order valence-electron chi connectivity index (χ4n) is 2.41. The second-order valence-corrected chi connectivity index (χ2v) is 6.36. The minimum absolute atomic E-state index is 0.00543. The fourth-order valence-corrected chi connectivity index (χ4v) is 2.41. The molecule has 96 valence electrons. The predicted molar refractivity (Wildman–Crippen MR) is 66.5 cm³/mol. The molecule has 1 saturated carbocycles. The van der Waals surface area contributed by atoms with Gasteiger partial charge in [0.15, 0.2) is 0 Å². The van der Waals surface area contributed by atoms with Crippen LogP contribution in [-0.2, 0) is 4.74 Å². The van der Waals surface area contributed by atoms with Gasteiger partial charge in [-0.15, -0.1) is 0 Å². The topological polar surface area (TPSA) is 41.5 Å². The van der Waals surface area contributed by atoms with Crippen molar-refractivity contribution in [1.82, 2.24) is 5.32 Å². The van der Waals surface area contributed by atoms with E-state index in [9.17, 15) is 5.11 Å². The molecule has 3 heteroatoms. The third-order valence-electron chi connectivity index (χ3n) is 4.05. The van der Waals surface area contributed by atoms with Crippen LogP contribution >= 0.6 is 0 Å². The van der Waals surface area contributed by atoms with Crippen molar-refractivity contribution in [3.05, 3.63) is 0 Å². The predicted octanol–water partition coefficient (Wildman–Crippen LogP) is 1.94. The van der Waals surface area contributed by atoms with Crippen molar-refractivity contribution >= 4 is 0 Å². The van der Waals surface area contributed by atoms with Crippen LogP contribution < -0.4 is 5.32 Å². The van der Waals surface area contributed by atoms with Gasteiger partial charge in [0, 0.05) is 24.6 Å². The lowest BCUT2D eigenvalue weighted by Gasteiger charge is -2.51. The Bertz CT molecular complexity index is 238. The quantitative estimate of drug-likeness (QED) is 0.757. The monoisotopic (exact) mass is 229 g/mol. The smallest absolute Gasteiger partial charge is 0.0637 e. The number of nitrogens with one attached hydrogen (secondary N) is 1. The van der Waals surface area contributed by atoms with E-state index in [1.54, 1.807) is 7.11 Å². The number of methoxy groups -OCH3 is 1. The highest BCUT2D eigenvalue weighted by Crippen LogP contribution is 2.40. The minimum atomic E-state index is -0.160. The summed E-state index contributed by atoms with van der Waals surface area (Å²) in [6, 6.07) is 0.830. The Morgan fingerprint density at radius 2 is 2.06 bits per heavy atom. The molecular weight excluding hydrogens is 202 g/mol. The highest BCUT2D eigenvalue weighted by molar-refractivity contribution is 5.02. The lowest BCUT2D eigenvalue weighted by molar-refractivity contribution is -0.0789. The first-order chi connectivity index (χ1) is 7.19. The van der Waals surface area contributed by atoms with E-state index in [0.717, 1.165) is 12.8 Å². The van der Waals surface area contributed by atoms with Gasteiger partial charge in [-0.05, 0) is 33.6 Å². The number of hydrogen-bond acceptors (Lipinski definition) is 3. The second kappa shape index (κ2) is 4.63. The Balaban J connectivity index is 2.39. The normalized spacial score (nSPS) is 30.9. The summed E-state index contributed by atoms with van der Waals surface area (Å²) in [6.07, 6.45) is 1.68. The Labute approximate surface area is 99.6 Å². The molecule has 1 aliphatic carbocycles. The molecule has 0 heterocycles. The Kier molecular flexibility index (Phi) is 4.04. The molecule has 1 fully saturated rings. The van der Waals surface area contributed by atoms with Crippen molar-refractivity contribution in [1.29, 1.82) is 0 Å². The average molecular weight is 229 g/mol. The van der Waals surface area contributed by atoms with Gasteiger partial charge in [0.05, 0.1) is 11.7 Å². The molecule has 0 spiro atoms. The van der Waals surface area contributed by atoms with Crippen LogP contribution in [0.2, 0.25) is 0 Å². The summed E-state index contributed by atoms with van der Waals surface area (Å²) in [5.74, 6) is 0. The lowest BCUT2D eigenvalue weighted by atomic mass is 9.64. The summed E-state index contributed by atoms with van der Waals surface area (Å²) in [4.78, 5) is 0. The molecule has 0 aromatic rings. The van der Waals surface area contributed by atoms with E-state index < -0.39 is 0 Å². The molecule has 1 rings (SSSR count). The second-order valence-electron chi connectivity index (χ2n) is 6.36. The SMILES string of the molecule is COC(C)(C)CC(C)NC1CC(O)C1(C)C. The average Bonchev–Trinajstić information content (AvgIpc) is 2.16. The van der Waals surface area contributed by atoms with E-state index >= 15 is 0 Å². The van der Waals surface area contributed by atoms with Crippen LogP contribution in [0.15, 0.2) is 0 Å². The molecule has 0 aliphatic heterocycles. The molecule has 0 amide bonds. The molecule has 0 bridgehead atoms. The first-order valence-electron chi connectivity index (χ1n) is 6.18. The standard InChI is InChI=1S/C13H27NO2/c1-9(8-12(2,3)16-6)14-10-7-11(15)13(10,4)5/h9-11,14-15H,7-8H2,1-6H3. The zero-order chi connectivity index (χ0) is 12.6. The van der Waals surface area contributed by atoms with Crippen LogP contribution in [0.3, 0.4) is 0 Å². The number of ether oxygens (including phenoxy) is 1. The van der Waals surface area contributed by atoms with Gasteiger partial charge in [0.2, 0.25) is 0 Å². The van der Waals surface area contributed by atoms with E-state index in [2.05, 4.69) is 39.9 Å². The van der Waals surface area contributed by atoms with Crippen LogP contribution in [0.25, 0.3) is 0 Å². The van der Waals surface area contributed by atoms with Gasteiger partial charge in [-0.3, -0.25) is 0 Å². The van der Waals surface area contributed by atoms with Crippen molar-refractivity contribution in [2.75, 3.05) is 7.11 Å². The van der Waals surface area contributed by atoms with Gasteiger partial charge in [0.1, 0.15) is 0 Å². The molecule has 3 atom stereocenters. The largest absolute Gasteiger partial charge is 0.392 e. The van der Waals surface area contributed by atoms with Gasteiger partial charge in [-0.1, -0.05) is 13.8 Å².